The lowest BCUT2D eigenvalue weighted by molar-refractivity contribution is -0.138. The van der Waals surface area contributed by atoms with Crippen molar-refractivity contribution in [2.24, 2.45) is 11.8 Å². The van der Waals surface area contributed by atoms with Gasteiger partial charge in [0.05, 0.1) is 5.92 Å². The Bertz CT molecular complexity index is 483. The maximum atomic E-state index is 10.8. The zero-order valence-electron chi connectivity index (χ0n) is 12.4. The summed E-state index contributed by atoms with van der Waals surface area (Å²) >= 11 is 0. The third-order valence-electron chi connectivity index (χ3n) is 4.15. The molecule has 0 radical (unpaired) electrons. The molecule has 0 amide bonds. The average Bonchev–Trinajstić information content (AvgIpc) is 3.06. The van der Waals surface area contributed by atoms with Gasteiger partial charge in [0, 0.05) is 0 Å². The van der Waals surface area contributed by atoms with Crippen LogP contribution < -0.4 is 0 Å². The maximum absolute atomic E-state index is 10.8. The van der Waals surface area contributed by atoms with Crippen molar-refractivity contribution in [3.63, 3.8) is 0 Å². The molecular formula is C17H24O2. The van der Waals surface area contributed by atoms with Gasteiger partial charge in [-0.25, -0.2) is 0 Å². The Kier molecular flexibility index (Phi) is 3.71. The minimum absolute atomic E-state index is 0.0764. The normalized spacial score (nSPS) is 22.3. The number of carboxylic acids is 1. The molecule has 1 aliphatic carbocycles. The highest BCUT2D eigenvalue weighted by Gasteiger charge is 2.42. The summed E-state index contributed by atoms with van der Waals surface area (Å²) in [7, 11) is 0. The first kappa shape index (κ1) is 14.1. The van der Waals surface area contributed by atoms with Gasteiger partial charge in [-0.2, -0.15) is 0 Å². The van der Waals surface area contributed by atoms with E-state index < -0.39 is 5.97 Å². The van der Waals surface area contributed by atoms with E-state index in [-0.39, 0.29) is 11.3 Å². The first-order chi connectivity index (χ1) is 8.79. The van der Waals surface area contributed by atoms with E-state index in [0.717, 1.165) is 19.3 Å². The fourth-order valence-electron chi connectivity index (χ4n) is 2.85. The second-order valence-electron chi connectivity index (χ2n) is 6.88. The van der Waals surface area contributed by atoms with Crippen LogP contribution in [-0.4, -0.2) is 11.1 Å². The largest absolute Gasteiger partial charge is 0.481 e. The molecule has 1 aromatic carbocycles. The predicted octanol–water partition coefficient (Wildman–Crippen LogP) is 3.95. The number of benzene rings is 1. The second-order valence-corrected chi connectivity index (χ2v) is 6.88. The van der Waals surface area contributed by atoms with E-state index in [4.69, 9.17) is 5.11 Å². The van der Waals surface area contributed by atoms with Gasteiger partial charge in [-0.3, -0.25) is 4.79 Å². The van der Waals surface area contributed by atoms with Crippen LogP contribution in [0.1, 0.15) is 50.3 Å². The van der Waals surface area contributed by atoms with Gasteiger partial charge in [-0.1, -0.05) is 39.0 Å². The Morgan fingerprint density at radius 1 is 1.37 bits per heavy atom. The Labute approximate surface area is 115 Å². The van der Waals surface area contributed by atoms with Crippen LogP contribution >= 0.6 is 0 Å². The van der Waals surface area contributed by atoms with E-state index in [9.17, 15) is 4.79 Å². The predicted molar refractivity (Wildman–Crippen MR) is 77.4 cm³/mol. The van der Waals surface area contributed by atoms with Gasteiger partial charge >= 0.3 is 5.97 Å². The highest BCUT2D eigenvalue weighted by atomic mass is 16.4. The van der Waals surface area contributed by atoms with Crippen LogP contribution in [0, 0.1) is 18.8 Å². The lowest BCUT2D eigenvalue weighted by Crippen LogP contribution is -2.13. The van der Waals surface area contributed by atoms with Gasteiger partial charge in [-0.05, 0) is 54.2 Å². The molecule has 2 unspecified atom stereocenters. The molecule has 1 N–H and O–H groups in total. The molecule has 0 aliphatic heterocycles. The molecule has 1 aromatic rings. The quantitative estimate of drug-likeness (QED) is 0.890. The molecule has 1 aliphatic rings. The SMILES string of the molecule is Cc1ccc(CCC2CC2C(=O)O)cc1C(C)(C)C. The molecule has 0 aromatic heterocycles. The maximum Gasteiger partial charge on any atom is 0.306 e. The minimum atomic E-state index is -0.621. The van der Waals surface area contributed by atoms with E-state index in [0.29, 0.717) is 5.92 Å². The number of aryl methyl sites for hydroxylation is 2. The number of rotatable bonds is 4. The number of carboxylic acid groups (broad SMARTS) is 1. The summed E-state index contributed by atoms with van der Waals surface area (Å²) in [6, 6.07) is 6.67. The third kappa shape index (κ3) is 3.37. The van der Waals surface area contributed by atoms with Crippen LogP contribution in [0.25, 0.3) is 0 Å². The summed E-state index contributed by atoms with van der Waals surface area (Å²) < 4.78 is 0. The van der Waals surface area contributed by atoms with Crippen LogP contribution in [0.4, 0.5) is 0 Å². The van der Waals surface area contributed by atoms with E-state index in [1.807, 2.05) is 0 Å². The Hall–Kier alpha value is -1.31. The van der Waals surface area contributed by atoms with E-state index in [1.54, 1.807) is 0 Å². The van der Waals surface area contributed by atoms with Crippen LogP contribution in [0.2, 0.25) is 0 Å². The molecule has 2 rings (SSSR count). The first-order valence-electron chi connectivity index (χ1n) is 7.12. The Balaban J connectivity index is 2.00. The van der Waals surface area contributed by atoms with Crippen molar-refractivity contribution in [2.45, 2.75) is 52.4 Å². The second kappa shape index (κ2) is 4.99. The van der Waals surface area contributed by atoms with Crippen LogP contribution in [0.5, 0.6) is 0 Å². The molecular weight excluding hydrogens is 236 g/mol. The lowest BCUT2D eigenvalue weighted by Gasteiger charge is -2.22. The highest BCUT2D eigenvalue weighted by Crippen LogP contribution is 2.42. The summed E-state index contributed by atoms with van der Waals surface area (Å²) in [6.07, 6.45) is 2.87. The topological polar surface area (TPSA) is 37.3 Å². The molecule has 2 nitrogen and oxygen atoms in total. The zero-order valence-corrected chi connectivity index (χ0v) is 12.4. The van der Waals surface area contributed by atoms with Gasteiger partial charge in [-0.15, -0.1) is 0 Å². The Morgan fingerprint density at radius 2 is 2.05 bits per heavy atom. The molecule has 0 bridgehead atoms. The van der Waals surface area contributed by atoms with Crippen LogP contribution in [0.15, 0.2) is 18.2 Å². The summed E-state index contributed by atoms with van der Waals surface area (Å²) in [6.45, 7) is 8.87. The van der Waals surface area contributed by atoms with Gasteiger partial charge < -0.3 is 5.11 Å². The molecule has 2 atom stereocenters. The zero-order chi connectivity index (χ0) is 14.2. The van der Waals surface area contributed by atoms with Crippen LogP contribution in [-0.2, 0) is 16.6 Å². The first-order valence-corrected chi connectivity index (χ1v) is 7.12. The molecule has 1 fully saturated rings. The average molecular weight is 260 g/mol. The van der Waals surface area contributed by atoms with Gasteiger partial charge in [0.15, 0.2) is 0 Å². The van der Waals surface area contributed by atoms with Crippen molar-refractivity contribution in [1.29, 1.82) is 0 Å². The van der Waals surface area contributed by atoms with Crippen molar-refractivity contribution in [3.8, 4) is 0 Å². The molecule has 19 heavy (non-hydrogen) atoms. The van der Waals surface area contributed by atoms with E-state index in [1.165, 1.54) is 16.7 Å². The van der Waals surface area contributed by atoms with E-state index >= 15 is 0 Å². The number of hydrogen-bond acceptors (Lipinski definition) is 1. The van der Waals surface area contributed by atoms with Gasteiger partial charge in [0.1, 0.15) is 0 Å². The molecule has 0 saturated heterocycles. The fourth-order valence-corrected chi connectivity index (χ4v) is 2.85. The summed E-state index contributed by atoms with van der Waals surface area (Å²) in [5.41, 5.74) is 4.25. The monoisotopic (exact) mass is 260 g/mol. The molecule has 0 spiro atoms. The van der Waals surface area contributed by atoms with Crippen molar-refractivity contribution < 1.29 is 9.90 Å². The number of carbonyl (C=O) groups is 1. The summed E-state index contributed by atoms with van der Waals surface area (Å²) in [5, 5.41) is 8.91. The molecule has 0 heterocycles. The van der Waals surface area contributed by atoms with Crippen molar-refractivity contribution in [1.82, 2.24) is 0 Å². The fraction of sp³-hybridized carbons (Fsp3) is 0.588. The van der Waals surface area contributed by atoms with Crippen molar-refractivity contribution in [3.05, 3.63) is 34.9 Å². The molecule has 1 saturated carbocycles. The smallest absolute Gasteiger partial charge is 0.306 e. The Morgan fingerprint density at radius 3 is 2.58 bits per heavy atom. The van der Waals surface area contributed by atoms with Crippen molar-refractivity contribution in [2.75, 3.05) is 0 Å². The van der Waals surface area contributed by atoms with Gasteiger partial charge in [0.25, 0.3) is 0 Å². The third-order valence-corrected chi connectivity index (χ3v) is 4.15. The highest BCUT2D eigenvalue weighted by molar-refractivity contribution is 5.73. The molecule has 104 valence electrons. The summed E-state index contributed by atoms with van der Waals surface area (Å²) in [4.78, 5) is 10.8. The summed E-state index contributed by atoms with van der Waals surface area (Å²) in [5.74, 6) is -0.297. The van der Waals surface area contributed by atoms with Gasteiger partial charge in [0.2, 0.25) is 0 Å². The minimum Gasteiger partial charge on any atom is -0.481 e. The number of aliphatic carboxylic acids is 1. The standard InChI is InChI=1S/C17H24O2/c1-11-5-6-12(9-15(11)17(2,3)4)7-8-13-10-14(13)16(18)19/h5-6,9,13-14H,7-8,10H2,1-4H3,(H,18,19). The number of hydrogen-bond donors (Lipinski definition) is 1. The van der Waals surface area contributed by atoms with Crippen LogP contribution in [0.3, 0.4) is 0 Å². The lowest BCUT2D eigenvalue weighted by atomic mass is 9.83. The van der Waals surface area contributed by atoms with E-state index in [2.05, 4.69) is 45.9 Å². The molecule has 2 heteroatoms. The van der Waals surface area contributed by atoms with Crippen molar-refractivity contribution >= 4 is 5.97 Å².